The number of nitrogens with zero attached hydrogens (tertiary/aromatic N) is 2. The van der Waals surface area contributed by atoms with Crippen LogP contribution in [0.4, 0.5) is 0 Å². The van der Waals surface area contributed by atoms with Crippen molar-refractivity contribution in [3.63, 3.8) is 0 Å². The molecule has 5 heteroatoms. The molecule has 0 saturated heterocycles. The van der Waals surface area contributed by atoms with E-state index in [-0.39, 0.29) is 6.61 Å². The molecule has 0 aliphatic carbocycles. The molecule has 72 valence electrons. The van der Waals surface area contributed by atoms with Gasteiger partial charge in [-0.25, -0.2) is 4.79 Å². The van der Waals surface area contributed by atoms with Gasteiger partial charge in [-0.2, -0.15) is 5.10 Å². The zero-order valence-corrected chi connectivity index (χ0v) is 7.65. The predicted octanol–water partition coefficient (Wildman–Crippen LogP) is 0.330. The third-order valence-corrected chi connectivity index (χ3v) is 1.60. The molecule has 1 heterocycles. The number of carbonyl (C=O) groups is 1. The minimum absolute atomic E-state index is 0.270. The van der Waals surface area contributed by atoms with E-state index in [0.717, 1.165) is 11.3 Å². The minimum Gasteiger partial charge on any atom is -0.480 e. The molecule has 0 spiro atoms. The number of aliphatic carboxylic acids is 1. The fourth-order valence-electron chi connectivity index (χ4n) is 1.04. The van der Waals surface area contributed by atoms with Crippen molar-refractivity contribution in [3.05, 3.63) is 17.5 Å². The highest BCUT2D eigenvalue weighted by Gasteiger charge is 2.03. The standard InChI is InChI=1S/C8H12N2O3/c1-6-7(3-10(2)9-6)4-13-5-8(11)12/h3H,4-5H2,1-2H3,(H,11,12). The molecule has 13 heavy (non-hydrogen) atoms. The van der Waals surface area contributed by atoms with Crippen molar-refractivity contribution < 1.29 is 14.6 Å². The van der Waals surface area contributed by atoms with Gasteiger partial charge in [0.2, 0.25) is 0 Å². The summed E-state index contributed by atoms with van der Waals surface area (Å²) in [5.74, 6) is -0.957. The summed E-state index contributed by atoms with van der Waals surface area (Å²) in [7, 11) is 1.81. The van der Waals surface area contributed by atoms with Gasteiger partial charge in [-0.3, -0.25) is 4.68 Å². The summed E-state index contributed by atoms with van der Waals surface area (Å²) in [5.41, 5.74) is 1.79. The molecule has 1 aromatic heterocycles. The van der Waals surface area contributed by atoms with Crippen molar-refractivity contribution >= 4 is 5.97 Å². The molecular formula is C8H12N2O3. The van der Waals surface area contributed by atoms with Crippen molar-refractivity contribution in [3.8, 4) is 0 Å². The fraction of sp³-hybridized carbons (Fsp3) is 0.500. The molecule has 0 atom stereocenters. The first kappa shape index (κ1) is 9.73. The van der Waals surface area contributed by atoms with Crippen molar-refractivity contribution in [2.24, 2.45) is 7.05 Å². The third-order valence-electron chi connectivity index (χ3n) is 1.60. The summed E-state index contributed by atoms with van der Waals surface area (Å²) in [6.45, 7) is 1.89. The Kier molecular flexibility index (Phi) is 3.02. The highest BCUT2D eigenvalue weighted by molar-refractivity contribution is 5.67. The van der Waals surface area contributed by atoms with Gasteiger partial charge in [0.1, 0.15) is 6.61 Å². The molecule has 0 aliphatic rings. The number of aryl methyl sites for hydroxylation is 2. The lowest BCUT2D eigenvalue weighted by Gasteiger charge is -1.98. The SMILES string of the molecule is Cc1nn(C)cc1COCC(=O)O. The van der Waals surface area contributed by atoms with E-state index >= 15 is 0 Å². The van der Waals surface area contributed by atoms with E-state index in [9.17, 15) is 4.79 Å². The van der Waals surface area contributed by atoms with Gasteiger partial charge in [-0.1, -0.05) is 0 Å². The molecule has 5 nitrogen and oxygen atoms in total. The Morgan fingerprint density at radius 2 is 2.46 bits per heavy atom. The van der Waals surface area contributed by atoms with Gasteiger partial charge in [-0.15, -0.1) is 0 Å². The topological polar surface area (TPSA) is 64.4 Å². The molecule has 1 aromatic rings. The number of carboxylic acids is 1. The summed E-state index contributed by atoms with van der Waals surface area (Å²) in [4.78, 5) is 10.1. The second-order valence-electron chi connectivity index (χ2n) is 2.80. The monoisotopic (exact) mass is 184 g/mol. The molecule has 0 radical (unpaired) electrons. The first-order valence-corrected chi connectivity index (χ1v) is 3.88. The molecule has 0 bridgehead atoms. The van der Waals surface area contributed by atoms with Crippen molar-refractivity contribution in [1.29, 1.82) is 0 Å². The number of rotatable bonds is 4. The average Bonchev–Trinajstić information content (AvgIpc) is 2.29. The molecule has 0 unspecified atom stereocenters. The van der Waals surface area contributed by atoms with Crippen LogP contribution >= 0.6 is 0 Å². The van der Waals surface area contributed by atoms with Crippen molar-refractivity contribution in [2.45, 2.75) is 13.5 Å². The van der Waals surface area contributed by atoms with E-state index in [4.69, 9.17) is 9.84 Å². The van der Waals surface area contributed by atoms with E-state index in [1.165, 1.54) is 0 Å². The van der Waals surface area contributed by atoms with Crippen LogP contribution in [-0.4, -0.2) is 27.5 Å². The van der Waals surface area contributed by atoms with Gasteiger partial charge in [0, 0.05) is 18.8 Å². The lowest BCUT2D eigenvalue weighted by molar-refractivity contribution is -0.142. The Labute approximate surface area is 75.9 Å². The first-order valence-electron chi connectivity index (χ1n) is 3.88. The van der Waals surface area contributed by atoms with Crippen molar-refractivity contribution in [2.75, 3.05) is 6.61 Å². The zero-order chi connectivity index (χ0) is 9.84. The largest absolute Gasteiger partial charge is 0.480 e. The number of ether oxygens (including phenoxy) is 1. The molecule has 1 rings (SSSR count). The van der Waals surface area contributed by atoms with Crippen LogP contribution in [0.1, 0.15) is 11.3 Å². The van der Waals surface area contributed by atoms with Crippen LogP contribution in [-0.2, 0) is 23.2 Å². The predicted molar refractivity (Wildman–Crippen MR) is 45.2 cm³/mol. The van der Waals surface area contributed by atoms with Crippen LogP contribution in [0.25, 0.3) is 0 Å². The van der Waals surface area contributed by atoms with Crippen LogP contribution in [0.2, 0.25) is 0 Å². The van der Waals surface area contributed by atoms with Crippen LogP contribution in [0.15, 0.2) is 6.20 Å². The third kappa shape index (κ3) is 2.87. The first-order chi connectivity index (χ1) is 6.09. The summed E-state index contributed by atoms with van der Waals surface area (Å²) in [6.07, 6.45) is 1.82. The highest BCUT2D eigenvalue weighted by atomic mass is 16.5. The quantitative estimate of drug-likeness (QED) is 0.732. The fourth-order valence-corrected chi connectivity index (χ4v) is 1.04. The second-order valence-corrected chi connectivity index (χ2v) is 2.80. The van der Waals surface area contributed by atoms with E-state index in [0.29, 0.717) is 6.61 Å². The summed E-state index contributed by atoms with van der Waals surface area (Å²) < 4.78 is 6.60. The van der Waals surface area contributed by atoms with Crippen molar-refractivity contribution in [1.82, 2.24) is 9.78 Å². The lowest BCUT2D eigenvalue weighted by atomic mass is 10.3. The molecular weight excluding hydrogens is 172 g/mol. The van der Waals surface area contributed by atoms with Gasteiger partial charge in [-0.05, 0) is 6.92 Å². The maximum atomic E-state index is 10.1. The average molecular weight is 184 g/mol. The number of carboxylic acid groups (broad SMARTS) is 1. The van der Waals surface area contributed by atoms with E-state index in [2.05, 4.69) is 5.10 Å². The van der Waals surface area contributed by atoms with Crippen LogP contribution in [0.3, 0.4) is 0 Å². The lowest BCUT2D eigenvalue weighted by Crippen LogP contribution is -2.06. The maximum Gasteiger partial charge on any atom is 0.329 e. The summed E-state index contributed by atoms with van der Waals surface area (Å²) in [6, 6.07) is 0. The van der Waals surface area contributed by atoms with Gasteiger partial charge < -0.3 is 9.84 Å². The number of hydrogen-bond acceptors (Lipinski definition) is 3. The zero-order valence-electron chi connectivity index (χ0n) is 7.65. The second kappa shape index (κ2) is 4.04. The summed E-state index contributed by atoms with van der Waals surface area (Å²) in [5, 5.41) is 12.4. The van der Waals surface area contributed by atoms with Crippen LogP contribution < -0.4 is 0 Å². The van der Waals surface area contributed by atoms with Gasteiger partial charge in [0.15, 0.2) is 0 Å². The van der Waals surface area contributed by atoms with Gasteiger partial charge >= 0.3 is 5.97 Å². The highest BCUT2D eigenvalue weighted by Crippen LogP contribution is 2.05. The Morgan fingerprint density at radius 1 is 1.77 bits per heavy atom. The number of aromatic nitrogens is 2. The molecule has 0 aromatic carbocycles. The Morgan fingerprint density at radius 3 is 2.92 bits per heavy atom. The molecule has 0 fully saturated rings. The van der Waals surface area contributed by atoms with E-state index in [1.807, 2.05) is 20.2 Å². The Balaban J connectivity index is 2.45. The summed E-state index contributed by atoms with van der Waals surface area (Å²) >= 11 is 0. The van der Waals surface area contributed by atoms with Gasteiger partial charge in [0.05, 0.1) is 12.3 Å². The Hall–Kier alpha value is -1.36. The smallest absolute Gasteiger partial charge is 0.329 e. The van der Waals surface area contributed by atoms with E-state index in [1.54, 1.807) is 4.68 Å². The maximum absolute atomic E-state index is 10.1. The Bertz CT molecular complexity index is 306. The van der Waals surface area contributed by atoms with Gasteiger partial charge in [0.25, 0.3) is 0 Å². The normalized spacial score (nSPS) is 10.3. The number of hydrogen-bond donors (Lipinski definition) is 1. The minimum atomic E-state index is -0.957. The molecule has 1 N–H and O–H groups in total. The van der Waals surface area contributed by atoms with Crippen LogP contribution in [0.5, 0.6) is 0 Å². The molecule has 0 saturated carbocycles. The van der Waals surface area contributed by atoms with E-state index < -0.39 is 5.97 Å². The molecule has 0 aliphatic heterocycles. The van der Waals surface area contributed by atoms with Crippen LogP contribution in [0, 0.1) is 6.92 Å². The molecule has 0 amide bonds.